The Morgan fingerprint density at radius 1 is 1.53 bits per heavy atom. The Hall–Kier alpha value is -1.73. The fourth-order valence-corrected chi connectivity index (χ4v) is 1.13. The Balaban J connectivity index is 2.96. The van der Waals surface area contributed by atoms with Gasteiger partial charge in [0.05, 0.1) is 12.7 Å². The molecular weight excluding hydrogens is 192 g/mol. The van der Waals surface area contributed by atoms with E-state index in [0.717, 1.165) is 0 Å². The molecule has 1 rings (SSSR count). The van der Waals surface area contributed by atoms with Crippen molar-refractivity contribution in [3.05, 3.63) is 23.8 Å². The fourth-order valence-electron chi connectivity index (χ4n) is 1.13. The van der Waals surface area contributed by atoms with E-state index in [2.05, 4.69) is 0 Å². The summed E-state index contributed by atoms with van der Waals surface area (Å²) in [5.74, 6) is 1.01. The fraction of sp³-hybridized carbons (Fsp3) is 0.364. The molecule has 0 aliphatic heterocycles. The number of hydrogen-bond acceptors (Lipinski definition) is 4. The largest absolute Gasteiger partial charge is 0.493 e. The van der Waals surface area contributed by atoms with Gasteiger partial charge in [0.15, 0.2) is 11.5 Å². The van der Waals surface area contributed by atoms with E-state index in [-0.39, 0.29) is 6.04 Å². The minimum Gasteiger partial charge on any atom is -0.493 e. The van der Waals surface area contributed by atoms with Crippen LogP contribution < -0.4 is 15.2 Å². The molecule has 1 unspecified atom stereocenters. The molecule has 0 amide bonds. The lowest BCUT2D eigenvalue weighted by Gasteiger charge is -2.13. The highest BCUT2D eigenvalue weighted by atomic mass is 16.5. The minimum atomic E-state index is -0.0820. The molecule has 80 valence electrons. The molecule has 0 radical (unpaired) electrons. The van der Waals surface area contributed by atoms with E-state index in [9.17, 15) is 0 Å². The lowest BCUT2D eigenvalue weighted by molar-refractivity contribution is 0.277. The van der Waals surface area contributed by atoms with E-state index in [1.54, 1.807) is 18.2 Å². The second-order valence-corrected chi connectivity index (χ2v) is 3.24. The highest BCUT2D eigenvalue weighted by molar-refractivity contribution is 5.52. The van der Waals surface area contributed by atoms with Crippen molar-refractivity contribution in [2.24, 2.45) is 5.73 Å². The number of hydrogen-bond donors (Lipinski definition) is 1. The Kier molecular flexibility index (Phi) is 3.95. The van der Waals surface area contributed by atoms with Crippen molar-refractivity contribution < 1.29 is 9.47 Å². The van der Waals surface area contributed by atoms with Gasteiger partial charge in [-0.3, -0.25) is 0 Å². The molecule has 0 spiro atoms. The molecule has 0 heterocycles. The third-order valence-corrected chi connectivity index (χ3v) is 1.81. The molecule has 1 aromatic rings. The van der Waals surface area contributed by atoms with Crippen LogP contribution in [0.4, 0.5) is 0 Å². The van der Waals surface area contributed by atoms with Crippen LogP contribution in [0.2, 0.25) is 0 Å². The topological polar surface area (TPSA) is 68.3 Å². The lowest BCUT2D eigenvalue weighted by atomic mass is 10.2. The standard InChI is InChI=1S/C11H14N2O2/c1-8(13)7-15-11-9(6-12)4-3-5-10(11)14-2/h3-5,8H,7,13H2,1-2H3. The quantitative estimate of drug-likeness (QED) is 0.806. The highest BCUT2D eigenvalue weighted by Gasteiger charge is 2.10. The summed E-state index contributed by atoms with van der Waals surface area (Å²) < 4.78 is 10.5. The lowest BCUT2D eigenvalue weighted by Crippen LogP contribution is -2.24. The summed E-state index contributed by atoms with van der Waals surface area (Å²) in [5, 5.41) is 8.89. The predicted octanol–water partition coefficient (Wildman–Crippen LogP) is 1.29. The van der Waals surface area contributed by atoms with Crippen molar-refractivity contribution in [3.8, 4) is 17.6 Å². The normalized spacial score (nSPS) is 11.6. The average molecular weight is 206 g/mol. The first-order chi connectivity index (χ1) is 7.19. The van der Waals surface area contributed by atoms with E-state index in [1.165, 1.54) is 7.11 Å². The first-order valence-corrected chi connectivity index (χ1v) is 4.64. The number of ether oxygens (including phenoxy) is 2. The van der Waals surface area contributed by atoms with Crippen LogP contribution in [0.5, 0.6) is 11.5 Å². The summed E-state index contributed by atoms with van der Waals surface area (Å²) in [7, 11) is 1.54. The highest BCUT2D eigenvalue weighted by Crippen LogP contribution is 2.30. The molecule has 0 aromatic heterocycles. The van der Waals surface area contributed by atoms with E-state index >= 15 is 0 Å². The van der Waals surface area contributed by atoms with Crippen LogP contribution in [0.15, 0.2) is 18.2 Å². The van der Waals surface area contributed by atoms with E-state index in [1.807, 2.05) is 13.0 Å². The van der Waals surface area contributed by atoms with E-state index in [0.29, 0.717) is 23.7 Å². The van der Waals surface area contributed by atoms with Gasteiger partial charge in [0.1, 0.15) is 12.7 Å². The number of benzene rings is 1. The third kappa shape index (κ3) is 2.86. The Morgan fingerprint density at radius 3 is 2.80 bits per heavy atom. The molecule has 0 bridgehead atoms. The van der Waals surface area contributed by atoms with Gasteiger partial charge in [-0.1, -0.05) is 6.07 Å². The summed E-state index contributed by atoms with van der Waals surface area (Å²) in [6.45, 7) is 2.19. The van der Waals surface area contributed by atoms with Crippen LogP contribution in [0.1, 0.15) is 12.5 Å². The maximum absolute atomic E-state index is 8.89. The van der Waals surface area contributed by atoms with E-state index < -0.39 is 0 Å². The first-order valence-electron chi connectivity index (χ1n) is 4.64. The van der Waals surface area contributed by atoms with Gasteiger partial charge < -0.3 is 15.2 Å². The SMILES string of the molecule is COc1cccc(C#N)c1OCC(C)N. The Labute approximate surface area is 89.2 Å². The van der Waals surface area contributed by atoms with Crippen LogP contribution in [-0.4, -0.2) is 19.8 Å². The zero-order chi connectivity index (χ0) is 11.3. The third-order valence-electron chi connectivity index (χ3n) is 1.81. The molecule has 4 heteroatoms. The van der Waals surface area contributed by atoms with Crippen molar-refractivity contribution in [2.45, 2.75) is 13.0 Å². The average Bonchev–Trinajstić information content (AvgIpc) is 2.25. The predicted molar refractivity (Wildman–Crippen MR) is 56.9 cm³/mol. The van der Waals surface area contributed by atoms with E-state index in [4.69, 9.17) is 20.5 Å². The van der Waals surface area contributed by atoms with Gasteiger partial charge >= 0.3 is 0 Å². The number of nitrogens with zero attached hydrogens (tertiary/aromatic N) is 1. The van der Waals surface area contributed by atoms with Crippen LogP contribution in [0, 0.1) is 11.3 Å². The molecule has 0 saturated heterocycles. The molecule has 15 heavy (non-hydrogen) atoms. The van der Waals surface area contributed by atoms with Gasteiger partial charge in [0.25, 0.3) is 0 Å². The van der Waals surface area contributed by atoms with Gasteiger partial charge in [-0.05, 0) is 19.1 Å². The summed E-state index contributed by atoms with van der Waals surface area (Å²) >= 11 is 0. The van der Waals surface area contributed by atoms with Gasteiger partial charge in [-0.2, -0.15) is 5.26 Å². The molecule has 0 aliphatic rings. The second kappa shape index (κ2) is 5.23. The van der Waals surface area contributed by atoms with Crippen LogP contribution in [-0.2, 0) is 0 Å². The Bertz CT molecular complexity index is 369. The number of methoxy groups -OCH3 is 1. The molecule has 2 N–H and O–H groups in total. The number of para-hydroxylation sites is 1. The van der Waals surface area contributed by atoms with Gasteiger partial charge in [-0.15, -0.1) is 0 Å². The van der Waals surface area contributed by atoms with Crippen molar-refractivity contribution in [3.63, 3.8) is 0 Å². The maximum atomic E-state index is 8.89. The van der Waals surface area contributed by atoms with Gasteiger partial charge in [0, 0.05) is 6.04 Å². The molecule has 0 aliphatic carbocycles. The van der Waals surface area contributed by atoms with Gasteiger partial charge in [0.2, 0.25) is 0 Å². The summed E-state index contributed by atoms with van der Waals surface area (Å²) in [6, 6.07) is 7.14. The van der Waals surface area contributed by atoms with Gasteiger partial charge in [-0.25, -0.2) is 0 Å². The van der Waals surface area contributed by atoms with Crippen molar-refractivity contribution in [1.82, 2.24) is 0 Å². The van der Waals surface area contributed by atoms with Crippen molar-refractivity contribution >= 4 is 0 Å². The smallest absolute Gasteiger partial charge is 0.178 e. The maximum Gasteiger partial charge on any atom is 0.178 e. The second-order valence-electron chi connectivity index (χ2n) is 3.24. The number of nitrogens with two attached hydrogens (primary N) is 1. The van der Waals surface area contributed by atoms with Crippen molar-refractivity contribution in [2.75, 3.05) is 13.7 Å². The zero-order valence-electron chi connectivity index (χ0n) is 8.86. The van der Waals surface area contributed by atoms with Crippen LogP contribution in [0.25, 0.3) is 0 Å². The Morgan fingerprint density at radius 2 is 2.27 bits per heavy atom. The summed E-state index contributed by atoms with van der Waals surface area (Å²) in [4.78, 5) is 0. The summed E-state index contributed by atoms with van der Waals surface area (Å²) in [5.41, 5.74) is 6.03. The first kappa shape index (κ1) is 11.3. The molecule has 1 aromatic carbocycles. The van der Waals surface area contributed by atoms with Crippen LogP contribution in [0.3, 0.4) is 0 Å². The van der Waals surface area contributed by atoms with Crippen LogP contribution >= 0.6 is 0 Å². The monoisotopic (exact) mass is 206 g/mol. The minimum absolute atomic E-state index is 0.0820. The molecule has 0 fully saturated rings. The zero-order valence-corrected chi connectivity index (χ0v) is 8.86. The summed E-state index contributed by atoms with van der Waals surface area (Å²) in [6.07, 6.45) is 0. The molecule has 1 atom stereocenters. The van der Waals surface area contributed by atoms with Crippen molar-refractivity contribution in [1.29, 1.82) is 5.26 Å². The molecule has 0 saturated carbocycles. The molecular formula is C11H14N2O2. The number of rotatable bonds is 4. The number of nitriles is 1. The molecule has 4 nitrogen and oxygen atoms in total.